The summed E-state index contributed by atoms with van der Waals surface area (Å²) in [5, 5.41) is 3.49. The maximum atomic E-state index is 12.2. The number of hydrazine groups is 1. The van der Waals surface area contributed by atoms with Crippen molar-refractivity contribution in [3.05, 3.63) is 59.7 Å². The third-order valence-electron chi connectivity index (χ3n) is 6.41. The number of carbonyl (C=O) groups excluding carboxylic acids is 1. The molecule has 1 aliphatic carbocycles. The van der Waals surface area contributed by atoms with Gasteiger partial charge in [0.15, 0.2) is 0 Å². The van der Waals surface area contributed by atoms with Gasteiger partial charge in [-0.05, 0) is 53.5 Å². The average molecular weight is 392 g/mol. The van der Waals surface area contributed by atoms with E-state index < -0.39 is 0 Å². The number of hydrogen-bond acceptors (Lipinski definition) is 3. The van der Waals surface area contributed by atoms with Gasteiger partial charge in [-0.25, -0.2) is 5.43 Å². The van der Waals surface area contributed by atoms with E-state index in [1.165, 1.54) is 35.1 Å². The zero-order valence-electron chi connectivity index (χ0n) is 17.6. The van der Waals surface area contributed by atoms with E-state index in [2.05, 4.69) is 78.5 Å². The minimum Gasteiger partial charge on any atom is -0.310 e. The third-order valence-corrected chi connectivity index (χ3v) is 6.41. The Hall–Kier alpha value is -2.17. The highest BCUT2D eigenvalue weighted by atomic mass is 16.2. The predicted octanol–water partition coefficient (Wildman–Crippen LogP) is 4.20. The van der Waals surface area contributed by atoms with Crippen LogP contribution in [0.3, 0.4) is 0 Å². The quantitative estimate of drug-likeness (QED) is 0.692. The van der Waals surface area contributed by atoms with Gasteiger partial charge in [0.2, 0.25) is 5.91 Å². The lowest BCUT2D eigenvalue weighted by atomic mass is 9.72. The van der Waals surface area contributed by atoms with Crippen molar-refractivity contribution in [2.75, 3.05) is 0 Å². The van der Waals surface area contributed by atoms with Crippen molar-refractivity contribution >= 4 is 5.91 Å². The summed E-state index contributed by atoms with van der Waals surface area (Å²) in [6.07, 6.45) is 5.55. The van der Waals surface area contributed by atoms with Crippen LogP contribution in [0, 0.1) is 11.8 Å². The molecule has 1 saturated heterocycles. The van der Waals surface area contributed by atoms with Crippen LogP contribution in [-0.4, -0.2) is 18.0 Å². The molecule has 1 saturated carbocycles. The molecule has 0 spiro atoms. The van der Waals surface area contributed by atoms with E-state index >= 15 is 0 Å². The van der Waals surface area contributed by atoms with Gasteiger partial charge in [-0.15, -0.1) is 0 Å². The summed E-state index contributed by atoms with van der Waals surface area (Å²) in [4.78, 5) is 12.2. The number of benzene rings is 2. The van der Waals surface area contributed by atoms with E-state index in [-0.39, 0.29) is 11.8 Å². The van der Waals surface area contributed by atoms with E-state index in [4.69, 9.17) is 0 Å². The van der Waals surface area contributed by atoms with Gasteiger partial charge in [0.05, 0.1) is 0 Å². The molecule has 3 unspecified atom stereocenters. The lowest BCUT2D eigenvalue weighted by Crippen LogP contribution is -2.60. The maximum absolute atomic E-state index is 12.2. The first-order chi connectivity index (χ1) is 14.1. The van der Waals surface area contributed by atoms with E-state index in [1.54, 1.807) is 0 Å². The molecule has 0 bridgehead atoms. The Morgan fingerprint density at radius 2 is 1.69 bits per heavy atom. The summed E-state index contributed by atoms with van der Waals surface area (Å²) in [6.45, 7) is 5.23. The van der Waals surface area contributed by atoms with Gasteiger partial charge in [-0.3, -0.25) is 10.2 Å². The topological polar surface area (TPSA) is 53.2 Å². The SMILES string of the molecule is CC(C)NCc1cccc(-c2cccc(CC3NNC(=O)C4CCCCC34)c2)c1. The number of hydrogen-bond donors (Lipinski definition) is 3. The van der Waals surface area contributed by atoms with Crippen molar-refractivity contribution < 1.29 is 4.79 Å². The van der Waals surface area contributed by atoms with Gasteiger partial charge in [0.25, 0.3) is 0 Å². The fraction of sp³-hybridized carbons (Fsp3) is 0.480. The van der Waals surface area contributed by atoms with Crippen molar-refractivity contribution in [3.8, 4) is 11.1 Å². The Kier molecular flexibility index (Phi) is 6.31. The molecule has 2 aromatic rings. The first-order valence-corrected chi connectivity index (χ1v) is 11.1. The normalized spacial score (nSPS) is 24.2. The van der Waals surface area contributed by atoms with Gasteiger partial charge in [-0.2, -0.15) is 0 Å². The second-order valence-electron chi connectivity index (χ2n) is 8.94. The molecule has 0 aromatic heterocycles. The molecular weight excluding hydrogens is 358 g/mol. The summed E-state index contributed by atoms with van der Waals surface area (Å²) in [5.41, 5.74) is 11.4. The molecule has 1 amide bonds. The van der Waals surface area contributed by atoms with Crippen LogP contribution in [0.1, 0.15) is 50.7 Å². The second kappa shape index (κ2) is 9.10. The molecule has 4 nitrogen and oxygen atoms in total. The van der Waals surface area contributed by atoms with Crippen molar-refractivity contribution in [2.45, 2.75) is 64.6 Å². The van der Waals surface area contributed by atoms with E-state index in [1.807, 2.05) is 0 Å². The highest BCUT2D eigenvalue weighted by molar-refractivity contribution is 5.79. The van der Waals surface area contributed by atoms with Gasteiger partial charge >= 0.3 is 0 Å². The molecule has 2 aliphatic rings. The molecule has 1 aliphatic heterocycles. The van der Waals surface area contributed by atoms with Crippen LogP contribution in [0.15, 0.2) is 48.5 Å². The first kappa shape index (κ1) is 20.1. The Labute approximate surface area is 174 Å². The Balaban J connectivity index is 1.49. The number of amides is 1. The smallest absolute Gasteiger partial charge is 0.237 e. The van der Waals surface area contributed by atoms with Gasteiger partial charge in [0.1, 0.15) is 0 Å². The first-order valence-electron chi connectivity index (χ1n) is 11.1. The standard InChI is InChI=1S/C25H33N3O/c1-17(2)26-16-19-8-6-10-21(14-19)20-9-5-7-18(13-20)15-24-22-11-3-4-12-23(22)25(29)28-27-24/h5-10,13-14,17,22-24,26-27H,3-4,11-12,15-16H2,1-2H3,(H,28,29). The maximum Gasteiger partial charge on any atom is 0.237 e. The highest BCUT2D eigenvalue weighted by Crippen LogP contribution is 2.35. The third kappa shape index (κ3) is 4.88. The molecule has 1 heterocycles. The van der Waals surface area contributed by atoms with Crippen LogP contribution >= 0.6 is 0 Å². The second-order valence-corrected chi connectivity index (χ2v) is 8.94. The number of fused-ring (bicyclic) bond motifs is 1. The van der Waals surface area contributed by atoms with Gasteiger partial charge in [0, 0.05) is 24.5 Å². The molecule has 2 aromatic carbocycles. The number of rotatable bonds is 6. The van der Waals surface area contributed by atoms with E-state index in [0.29, 0.717) is 18.0 Å². The predicted molar refractivity (Wildman–Crippen MR) is 118 cm³/mol. The van der Waals surface area contributed by atoms with Crippen molar-refractivity contribution in [1.29, 1.82) is 0 Å². The average Bonchev–Trinajstić information content (AvgIpc) is 2.75. The summed E-state index contributed by atoms with van der Waals surface area (Å²) in [6, 6.07) is 18.5. The Morgan fingerprint density at radius 1 is 1.00 bits per heavy atom. The lowest BCUT2D eigenvalue weighted by Gasteiger charge is -2.41. The summed E-state index contributed by atoms with van der Waals surface area (Å²) < 4.78 is 0. The van der Waals surface area contributed by atoms with Crippen LogP contribution in [-0.2, 0) is 17.8 Å². The highest BCUT2D eigenvalue weighted by Gasteiger charge is 2.39. The zero-order valence-corrected chi connectivity index (χ0v) is 17.6. The zero-order chi connectivity index (χ0) is 20.2. The van der Waals surface area contributed by atoms with Crippen LogP contribution in [0.25, 0.3) is 11.1 Å². The van der Waals surface area contributed by atoms with E-state index in [0.717, 1.165) is 25.8 Å². The molecule has 29 heavy (non-hydrogen) atoms. The number of nitrogens with one attached hydrogen (secondary N) is 3. The lowest BCUT2D eigenvalue weighted by molar-refractivity contribution is -0.133. The molecule has 2 fully saturated rings. The molecule has 3 N–H and O–H groups in total. The molecule has 154 valence electrons. The van der Waals surface area contributed by atoms with Crippen molar-refractivity contribution in [3.63, 3.8) is 0 Å². The summed E-state index contributed by atoms with van der Waals surface area (Å²) in [7, 11) is 0. The van der Waals surface area contributed by atoms with Crippen molar-refractivity contribution in [1.82, 2.24) is 16.2 Å². The Bertz CT molecular complexity index is 847. The minimum atomic E-state index is 0.184. The number of carbonyl (C=O) groups is 1. The minimum absolute atomic E-state index is 0.184. The molecule has 4 heteroatoms. The van der Waals surface area contributed by atoms with E-state index in [9.17, 15) is 4.79 Å². The van der Waals surface area contributed by atoms with Crippen LogP contribution in [0.2, 0.25) is 0 Å². The van der Waals surface area contributed by atoms with Crippen LogP contribution < -0.4 is 16.2 Å². The molecule has 0 radical (unpaired) electrons. The van der Waals surface area contributed by atoms with Crippen LogP contribution in [0.5, 0.6) is 0 Å². The summed E-state index contributed by atoms with van der Waals surface area (Å²) in [5.74, 6) is 0.821. The molecule has 4 rings (SSSR count). The molecule has 3 atom stereocenters. The monoisotopic (exact) mass is 391 g/mol. The van der Waals surface area contributed by atoms with Crippen LogP contribution in [0.4, 0.5) is 0 Å². The molecular formula is C25H33N3O. The Morgan fingerprint density at radius 3 is 2.45 bits per heavy atom. The van der Waals surface area contributed by atoms with Gasteiger partial charge in [-0.1, -0.05) is 69.2 Å². The summed E-state index contributed by atoms with van der Waals surface area (Å²) >= 11 is 0. The van der Waals surface area contributed by atoms with Gasteiger partial charge < -0.3 is 5.32 Å². The fourth-order valence-electron chi connectivity index (χ4n) is 4.85. The fourth-order valence-corrected chi connectivity index (χ4v) is 4.85. The largest absolute Gasteiger partial charge is 0.310 e. The van der Waals surface area contributed by atoms with Crippen molar-refractivity contribution in [2.24, 2.45) is 11.8 Å².